The molecule has 0 bridgehead atoms. The quantitative estimate of drug-likeness (QED) is 0.628. The minimum absolute atomic E-state index is 0.0755. The van der Waals surface area contributed by atoms with Gasteiger partial charge in [0.1, 0.15) is 11.9 Å². The van der Waals surface area contributed by atoms with Crippen molar-refractivity contribution in [3.63, 3.8) is 0 Å². The van der Waals surface area contributed by atoms with Crippen molar-refractivity contribution in [2.24, 2.45) is 10.7 Å². The number of hydrogen-bond donors (Lipinski definition) is 1. The first-order valence-corrected chi connectivity index (χ1v) is 9.85. The van der Waals surface area contributed by atoms with E-state index in [9.17, 15) is 4.39 Å². The predicted octanol–water partition coefficient (Wildman–Crippen LogP) is 1.88. The number of benzene rings is 1. The molecule has 0 amide bonds. The fourth-order valence-electron chi connectivity index (χ4n) is 3.98. The second kappa shape index (κ2) is 8.18. The number of aliphatic imine (C=N–C) groups is 1. The standard InChI is InChI=1S/C20H27FN6O/c1-2-28-18-14-17(19(18)27-9-3-8-23-27)24-20(22)26-12-10-25(11-13-26)16-6-4-15(21)5-7-16/h3-9,17-19H,2,10-14H2,1H3,(H2,22,24). The lowest BCUT2D eigenvalue weighted by Gasteiger charge is -2.43. The van der Waals surface area contributed by atoms with Crippen LogP contribution in [0.4, 0.5) is 10.1 Å². The van der Waals surface area contributed by atoms with Crippen LogP contribution in [0.5, 0.6) is 0 Å². The van der Waals surface area contributed by atoms with Gasteiger partial charge in [0.15, 0.2) is 5.96 Å². The highest BCUT2D eigenvalue weighted by molar-refractivity contribution is 5.78. The number of guanidine groups is 1. The Kier molecular flexibility index (Phi) is 5.47. The number of nitrogens with zero attached hydrogens (tertiary/aromatic N) is 5. The molecule has 8 heteroatoms. The molecule has 0 radical (unpaired) electrons. The molecule has 1 aromatic carbocycles. The van der Waals surface area contributed by atoms with E-state index in [1.165, 1.54) is 12.1 Å². The number of anilines is 1. The summed E-state index contributed by atoms with van der Waals surface area (Å²) in [6, 6.07) is 8.72. The van der Waals surface area contributed by atoms with Crippen LogP contribution in [0.2, 0.25) is 0 Å². The molecule has 1 saturated carbocycles. The number of halogens is 1. The molecule has 28 heavy (non-hydrogen) atoms. The molecule has 2 aliphatic rings. The van der Waals surface area contributed by atoms with Gasteiger partial charge in [0.05, 0.1) is 12.1 Å². The summed E-state index contributed by atoms with van der Waals surface area (Å²) in [5.74, 6) is 0.368. The van der Waals surface area contributed by atoms with Gasteiger partial charge in [0.25, 0.3) is 0 Å². The van der Waals surface area contributed by atoms with Crippen molar-refractivity contribution in [3.8, 4) is 0 Å². The summed E-state index contributed by atoms with van der Waals surface area (Å²) in [6.07, 6.45) is 4.71. The van der Waals surface area contributed by atoms with Gasteiger partial charge in [-0.05, 0) is 37.3 Å². The Morgan fingerprint density at radius 3 is 2.64 bits per heavy atom. The monoisotopic (exact) mass is 386 g/mol. The summed E-state index contributed by atoms with van der Waals surface area (Å²) in [5.41, 5.74) is 7.37. The van der Waals surface area contributed by atoms with Crippen LogP contribution in [0.25, 0.3) is 0 Å². The second-order valence-electron chi connectivity index (χ2n) is 7.21. The largest absolute Gasteiger partial charge is 0.376 e. The molecule has 4 rings (SSSR count). The number of rotatable bonds is 5. The zero-order chi connectivity index (χ0) is 19.5. The molecule has 7 nitrogen and oxygen atoms in total. The lowest BCUT2D eigenvalue weighted by atomic mass is 9.83. The zero-order valence-corrected chi connectivity index (χ0v) is 16.1. The predicted molar refractivity (Wildman–Crippen MR) is 107 cm³/mol. The topological polar surface area (TPSA) is 71.9 Å². The Hall–Kier alpha value is -2.61. The van der Waals surface area contributed by atoms with Crippen LogP contribution < -0.4 is 10.6 Å². The summed E-state index contributed by atoms with van der Waals surface area (Å²) >= 11 is 0. The number of aromatic nitrogens is 2. The van der Waals surface area contributed by atoms with Crippen LogP contribution >= 0.6 is 0 Å². The molecular formula is C20H27FN6O. The van der Waals surface area contributed by atoms with E-state index in [1.54, 1.807) is 6.20 Å². The Morgan fingerprint density at radius 1 is 1.25 bits per heavy atom. The van der Waals surface area contributed by atoms with Gasteiger partial charge in [-0.3, -0.25) is 4.68 Å². The first-order chi connectivity index (χ1) is 13.7. The third kappa shape index (κ3) is 3.82. The molecule has 150 valence electrons. The Labute approximate surface area is 164 Å². The fourth-order valence-corrected chi connectivity index (χ4v) is 3.98. The van der Waals surface area contributed by atoms with E-state index in [2.05, 4.69) is 14.9 Å². The molecule has 2 heterocycles. The van der Waals surface area contributed by atoms with E-state index < -0.39 is 0 Å². The van der Waals surface area contributed by atoms with Gasteiger partial charge >= 0.3 is 0 Å². The second-order valence-corrected chi connectivity index (χ2v) is 7.21. The van der Waals surface area contributed by atoms with E-state index in [1.807, 2.05) is 36.0 Å². The number of piperazine rings is 1. The summed E-state index contributed by atoms with van der Waals surface area (Å²) in [5, 5.41) is 4.37. The van der Waals surface area contributed by atoms with Gasteiger partial charge in [0.2, 0.25) is 0 Å². The Balaban J connectivity index is 1.37. The van der Waals surface area contributed by atoms with Crippen molar-refractivity contribution in [2.75, 3.05) is 37.7 Å². The molecule has 3 atom stereocenters. The van der Waals surface area contributed by atoms with Crippen LogP contribution in [0.15, 0.2) is 47.7 Å². The van der Waals surface area contributed by atoms with E-state index in [0.717, 1.165) is 38.3 Å². The van der Waals surface area contributed by atoms with Crippen LogP contribution in [0.1, 0.15) is 19.4 Å². The highest BCUT2D eigenvalue weighted by atomic mass is 19.1. The number of ether oxygens (including phenoxy) is 1. The minimum Gasteiger partial charge on any atom is -0.376 e. The van der Waals surface area contributed by atoms with Crippen LogP contribution in [0, 0.1) is 5.82 Å². The van der Waals surface area contributed by atoms with Crippen LogP contribution in [0.3, 0.4) is 0 Å². The molecule has 1 saturated heterocycles. The van der Waals surface area contributed by atoms with Crippen molar-refractivity contribution < 1.29 is 9.13 Å². The summed E-state index contributed by atoms with van der Waals surface area (Å²) in [7, 11) is 0. The highest BCUT2D eigenvalue weighted by Crippen LogP contribution is 2.37. The molecular weight excluding hydrogens is 359 g/mol. The van der Waals surface area contributed by atoms with Gasteiger partial charge < -0.3 is 20.3 Å². The maximum absolute atomic E-state index is 13.1. The molecule has 1 aromatic heterocycles. The summed E-state index contributed by atoms with van der Waals surface area (Å²) in [6.45, 7) is 5.93. The fraction of sp³-hybridized carbons (Fsp3) is 0.500. The van der Waals surface area contributed by atoms with Gasteiger partial charge in [-0.25, -0.2) is 9.38 Å². The molecule has 2 N–H and O–H groups in total. The third-order valence-corrected chi connectivity index (χ3v) is 5.55. The molecule has 1 aliphatic heterocycles. The van der Waals surface area contributed by atoms with E-state index in [0.29, 0.717) is 12.6 Å². The lowest BCUT2D eigenvalue weighted by Crippen LogP contribution is -2.53. The van der Waals surface area contributed by atoms with Crippen LogP contribution in [-0.4, -0.2) is 65.6 Å². The lowest BCUT2D eigenvalue weighted by molar-refractivity contribution is -0.0507. The molecule has 1 aliphatic carbocycles. The Morgan fingerprint density at radius 2 is 2.00 bits per heavy atom. The maximum Gasteiger partial charge on any atom is 0.191 e. The molecule has 0 spiro atoms. The van der Waals surface area contributed by atoms with E-state index >= 15 is 0 Å². The average molecular weight is 386 g/mol. The minimum atomic E-state index is -0.212. The molecule has 2 aromatic rings. The number of nitrogens with two attached hydrogens (primary N) is 1. The van der Waals surface area contributed by atoms with E-state index in [-0.39, 0.29) is 24.0 Å². The summed E-state index contributed by atoms with van der Waals surface area (Å²) < 4.78 is 20.9. The van der Waals surface area contributed by atoms with Crippen molar-refractivity contribution in [3.05, 3.63) is 48.5 Å². The van der Waals surface area contributed by atoms with E-state index in [4.69, 9.17) is 15.5 Å². The van der Waals surface area contributed by atoms with Crippen molar-refractivity contribution in [1.82, 2.24) is 14.7 Å². The van der Waals surface area contributed by atoms with Gasteiger partial charge in [-0.15, -0.1) is 0 Å². The Bertz CT molecular complexity index is 786. The van der Waals surface area contributed by atoms with Crippen molar-refractivity contribution in [2.45, 2.75) is 31.5 Å². The molecule has 2 fully saturated rings. The van der Waals surface area contributed by atoms with Crippen LogP contribution in [-0.2, 0) is 4.74 Å². The smallest absolute Gasteiger partial charge is 0.191 e. The van der Waals surface area contributed by atoms with Crippen molar-refractivity contribution in [1.29, 1.82) is 0 Å². The summed E-state index contributed by atoms with van der Waals surface area (Å²) in [4.78, 5) is 9.16. The number of hydrogen-bond acceptors (Lipinski definition) is 4. The highest BCUT2D eigenvalue weighted by Gasteiger charge is 2.44. The zero-order valence-electron chi connectivity index (χ0n) is 16.1. The van der Waals surface area contributed by atoms with Gasteiger partial charge in [-0.2, -0.15) is 5.10 Å². The maximum atomic E-state index is 13.1. The normalized spacial score (nSPS) is 25.6. The first-order valence-electron chi connectivity index (χ1n) is 9.85. The molecule has 3 unspecified atom stereocenters. The van der Waals surface area contributed by atoms with Gasteiger partial charge in [-0.1, -0.05) is 0 Å². The SMILES string of the molecule is CCOC1CC(N=C(N)N2CCN(c3ccc(F)cc3)CC2)C1n1cccn1. The average Bonchev–Trinajstić information content (AvgIpc) is 3.21. The van der Waals surface area contributed by atoms with Gasteiger partial charge in [0, 0.05) is 57.3 Å². The van der Waals surface area contributed by atoms with Crippen molar-refractivity contribution >= 4 is 11.6 Å². The first kappa shape index (κ1) is 18.7. The third-order valence-electron chi connectivity index (χ3n) is 5.55.